The molecule has 2 rings (SSSR count). The van der Waals surface area contributed by atoms with Gasteiger partial charge in [-0.15, -0.1) is 0 Å². The van der Waals surface area contributed by atoms with Crippen molar-refractivity contribution in [3.8, 4) is 5.75 Å². The molecule has 0 aromatic carbocycles. The van der Waals surface area contributed by atoms with Crippen LogP contribution in [0.3, 0.4) is 0 Å². The zero-order valence-corrected chi connectivity index (χ0v) is 9.97. The molecule has 0 amide bonds. The summed E-state index contributed by atoms with van der Waals surface area (Å²) in [6.07, 6.45) is 6.64. The molecule has 0 radical (unpaired) electrons. The van der Waals surface area contributed by atoms with Crippen LogP contribution in [0.1, 0.15) is 37.8 Å². The first-order chi connectivity index (χ1) is 8.25. The van der Waals surface area contributed by atoms with Crippen LogP contribution in [0.2, 0.25) is 0 Å². The van der Waals surface area contributed by atoms with Gasteiger partial charge in [0.15, 0.2) is 0 Å². The minimum absolute atomic E-state index is 0.174. The van der Waals surface area contributed by atoms with E-state index in [4.69, 9.17) is 5.11 Å². The first kappa shape index (κ1) is 12.3. The van der Waals surface area contributed by atoms with Gasteiger partial charge in [0.2, 0.25) is 0 Å². The highest BCUT2D eigenvalue weighted by Crippen LogP contribution is 2.18. The molecule has 1 aliphatic rings. The molecule has 3 N–H and O–H groups in total. The molecule has 1 aromatic rings. The van der Waals surface area contributed by atoms with E-state index < -0.39 is 0 Å². The molecule has 1 heterocycles. The Morgan fingerprint density at radius 3 is 2.82 bits per heavy atom. The van der Waals surface area contributed by atoms with Crippen LogP contribution in [0.25, 0.3) is 0 Å². The number of hydrogen-bond donors (Lipinski definition) is 3. The van der Waals surface area contributed by atoms with E-state index in [1.54, 1.807) is 12.1 Å². The van der Waals surface area contributed by atoms with Gasteiger partial charge in [-0.05, 0) is 25.0 Å². The van der Waals surface area contributed by atoms with Crippen LogP contribution in [0.4, 0.5) is 0 Å². The molecule has 1 aromatic heterocycles. The van der Waals surface area contributed by atoms with Gasteiger partial charge in [-0.1, -0.05) is 19.3 Å². The molecule has 17 heavy (non-hydrogen) atoms. The second-order valence-electron chi connectivity index (χ2n) is 4.70. The average Bonchev–Trinajstić information content (AvgIpc) is 2.54. The second kappa shape index (κ2) is 5.98. The first-order valence-corrected chi connectivity index (χ1v) is 6.31. The third-order valence-electron chi connectivity index (χ3n) is 3.33. The molecule has 1 fully saturated rings. The molecule has 2 atom stereocenters. The normalized spacial score (nSPS) is 25.5. The average molecular weight is 236 g/mol. The molecule has 2 unspecified atom stereocenters. The van der Waals surface area contributed by atoms with Crippen LogP contribution >= 0.6 is 0 Å². The molecular weight excluding hydrogens is 216 g/mol. The van der Waals surface area contributed by atoms with E-state index in [1.165, 1.54) is 19.0 Å². The van der Waals surface area contributed by atoms with Crippen molar-refractivity contribution >= 4 is 0 Å². The maximum atomic E-state index is 9.95. The minimum atomic E-state index is -0.241. The van der Waals surface area contributed by atoms with Crippen LogP contribution < -0.4 is 5.32 Å². The second-order valence-corrected chi connectivity index (χ2v) is 4.70. The van der Waals surface area contributed by atoms with Crippen molar-refractivity contribution in [3.63, 3.8) is 0 Å². The van der Waals surface area contributed by atoms with Gasteiger partial charge in [-0.2, -0.15) is 0 Å². The quantitative estimate of drug-likeness (QED) is 0.697. The lowest BCUT2D eigenvalue weighted by Gasteiger charge is -2.21. The Morgan fingerprint density at radius 1 is 1.24 bits per heavy atom. The number of nitrogens with zero attached hydrogens (tertiary/aromatic N) is 1. The number of hydrogen-bond acceptors (Lipinski definition) is 4. The fraction of sp³-hybridized carbons (Fsp3) is 0.615. The number of nitrogens with one attached hydrogen (secondary N) is 1. The largest absolute Gasteiger partial charge is 0.506 e. The molecule has 4 nitrogen and oxygen atoms in total. The van der Waals surface area contributed by atoms with Crippen LogP contribution in [0, 0.1) is 0 Å². The van der Waals surface area contributed by atoms with E-state index in [9.17, 15) is 5.11 Å². The standard InChI is InChI=1S/C13H20N2O2/c16-11-7-6-10(14-9-11)8-15-12-4-2-1-3-5-13(12)17/h6-7,9,12-13,15-17H,1-5,8H2. The zero-order chi connectivity index (χ0) is 12.1. The van der Waals surface area contributed by atoms with E-state index >= 15 is 0 Å². The predicted octanol–water partition coefficient (Wildman–Crippen LogP) is 1.57. The molecule has 1 aliphatic carbocycles. The van der Waals surface area contributed by atoms with Crippen molar-refractivity contribution in [2.24, 2.45) is 0 Å². The Kier molecular flexibility index (Phi) is 4.34. The Hall–Kier alpha value is -1.13. The van der Waals surface area contributed by atoms with Crippen molar-refractivity contribution in [1.29, 1.82) is 0 Å². The molecule has 94 valence electrons. The summed E-state index contributed by atoms with van der Waals surface area (Å²) in [6, 6.07) is 3.60. The van der Waals surface area contributed by atoms with E-state index in [0.29, 0.717) is 6.54 Å². The molecule has 4 heteroatoms. The number of pyridine rings is 1. The predicted molar refractivity (Wildman–Crippen MR) is 65.6 cm³/mol. The molecule has 0 spiro atoms. The summed E-state index contributed by atoms with van der Waals surface area (Å²) in [6.45, 7) is 0.641. The maximum absolute atomic E-state index is 9.95. The van der Waals surface area contributed by atoms with E-state index in [1.807, 2.05) is 0 Å². The highest BCUT2D eigenvalue weighted by atomic mass is 16.3. The Balaban J connectivity index is 1.85. The van der Waals surface area contributed by atoms with Gasteiger partial charge in [0.25, 0.3) is 0 Å². The Labute approximate surface area is 102 Å². The third-order valence-corrected chi connectivity index (χ3v) is 3.33. The van der Waals surface area contributed by atoms with Crippen molar-refractivity contribution in [1.82, 2.24) is 10.3 Å². The minimum Gasteiger partial charge on any atom is -0.506 e. The summed E-state index contributed by atoms with van der Waals surface area (Å²) >= 11 is 0. The molecule has 1 saturated carbocycles. The van der Waals surface area contributed by atoms with Gasteiger partial charge in [-0.25, -0.2) is 0 Å². The summed E-state index contributed by atoms with van der Waals surface area (Å²) < 4.78 is 0. The van der Waals surface area contributed by atoms with E-state index in [2.05, 4.69) is 10.3 Å². The van der Waals surface area contributed by atoms with Crippen LogP contribution in [0.5, 0.6) is 5.75 Å². The molecular formula is C13H20N2O2. The highest BCUT2D eigenvalue weighted by molar-refractivity contribution is 5.17. The van der Waals surface area contributed by atoms with Crippen molar-refractivity contribution in [2.45, 2.75) is 50.8 Å². The summed E-state index contributed by atoms with van der Waals surface area (Å²) in [5, 5.41) is 22.4. The summed E-state index contributed by atoms with van der Waals surface area (Å²) in [5.41, 5.74) is 0.888. The van der Waals surface area contributed by atoms with Crippen LogP contribution in [0.15, 0.2) is 18.3 Å². The number of rotatable bonds is 3. The van der Waals surface area contributed by atoms with E-state index in [-0.39, 0.29) is 17.9 Å². The third kappa shape index (κ3) is 3.68. The van der Waals surface area contributed by atoms with Crippen LogP contribution in [-0.4, -0.2) is 27.3 Å². The van der Waals surface area contributed by atoms with Crippen LogP contribution in [-0.2, 0) is 6.54 Å². The number of aromatic hydroxyl groups is 1. The van der Waals surface area contributed by atoms with Gasteiger partial charge >= 0.3 is 0 Å². The lowest BCUT2D eigenvalue weighted by Crippen LogP contribution is -2.38. The molecule has 0 aliphatic heterocycles. The number of aliphatic hydroxyl groups is 1. The fourth-order valence-electron chi connectivity index (χ4n) is 2.28. The topological polar surface area (TPSA) is 65.4 Å². The zero-order valence-electron chi connectivity index (χ0n) is 9.97. The highest BCUT2D eigenvalue weighted by Gasteiger charge is 2.20. The monoisotopic (exact) mass is 236 g/mol. The lowest BCUT2D eigenvalue weighted by atomic mass is 10.1. The van der Waals surface area contributed by atoms with Gasteiger partial charge in [0, 0.05) is 12.6 Å². The van der Waals surface area contributed by atoms with Crippen molar-refractivity contribution < 1.29 is 10.2 Å². The Morgan fingerprint density at radius 2 is 2.06 bits per heavy atom. The lowest BCUT2D eigenvalue weighted by molar-refractivity contribution is 0.119. The summed E-state index contributed by atoms with van der Waals surface area (Å²) in [7, 11) is 0. The van der Waals surface area contributed by atoms with Crippen molar-refractivity contribution in [2.75, 3.05) is 0 Å². The molecule has 0 bridgehead atoms. The summed E-state index contributed by atoms with van der Waals surface area (Å²) in [4.78, 5) is 4.12. The Bertz CT molecular complexity index is 340. The number of aliphatic hydroxyl groups excluding tert-OH is 1. The van der Waals surface area contributed by atoms with Gasteiger partial charge < -0.3 is 15.5 Å². The SMILES string of the molecule is Oc1ccc(CNC2CCCCCC2O)nc1. The van der Waals surface area contributed by atoms with Crippen molar-refractivity contribution in [3.05, 3.63) is 24.0 Å². The smallest absolute Gasteiger partial charge is 0.133 e. The van der Waals surface area contributed by atoms with Gasteiger partial charge in [-0.3, -0.25) is 4.98 Å². The fourth-order valence-corrected chi connectivity index (χ4v) is 2.28. The maximum Gasteiger partial charge on any atom is 0.133 e. The van der Waals surface area contributed by atoms with Gasteiger partial charge in [0.1, 0.15) is 5.75 Å². The molecule has 0 saturated heterocycles. The number of aromatic nitrogens is 1. The first-order valence-electron chi connectivity index (χ1n) is 6.31. The summed E-state index contributed by atoms with van der Waals surface area (Å²) in [5.74, 6) is 0.184. The van der Waals surface area contributed by atoms with Gasteiger partial charge in [0.05, 0.1) is 18.0 Å². The van der Waals surface area contributed by atoms with E-state index in [0.717, 1.165) is 25.0 Å².